The number of carbonyl (C=O) groups excluding carboxylic acids is 1. The Bertz CT molecular complexity index is 364. The van der Waals surface area contributed by atoms with Gasteiger partial charge in [-0.05, 0) is 12.1 Å². The van der Waals surface area contributed by atoms with Crippen LogP contribution in [0.1, 0.15) is 16.8 Å². The number of carboxylic acids is 1. The highest BCUT2D eigenvalue weighted by atomic mass is 16.4. The predicted octanol–water partition coefficient (Wildman–Crippen LogP) is 0.252. The van der Waals surface area contributed by atoms with E-state index >= 15 is 0 Å². The van der Waals surface area contributed by atoms with Crippen LogP contribution >= 0.6 is 0 Å². The zero-order valence-corrected chi connectivity index (χ0v) is 8.59. The lowest BCUT2D eigenvalue weighted by molar-refractivity contribution is -0.139. The van der Waals surface area contributed by atoms with E-state index in [1.165, 1.54) is 0 Å². The molecule has 0 aliphatic heterocycles. The third-order valence-corrected chi connectivity index (χ3v) is 2.06. The van der Waals surface area contributed by atoms with Crippen LogP contribution in [0.5, 0.6) is 0 Å². The largest absolute Gasteiger partial charge is 0.480 e. The topological polar surface area (TPSA) is 86.6 Å². The third-order valence-electron chi connectivity index (χ3n) is 2.06. The standard InChI is InChI=1S/C11H13NO4/c13-7-6-9(11(15)16)12-10(14)8-4-2-1-3-5-8/h1-5,9,13H,6-7H2,(H,12,14)(H,15,16)/t9-/m0/s1. The van der Waals surface area contributed by atoms with Crippen molar-refractivity contribution in [2.45, 2.75) is 12.5 Å². The second-order valence-corrected chi connectivity index (χ2v) is 3.24. The van der Waals surface area contributed by atoms with Crippen molar-refractivity contribution in [3.63, 3.8) is 0 Å². The number of hydrogen-bond donors (Lipinski definition) is 3. The van der Waals surface area contributed by atoms with Gasteiger partial charge in [-0.25, -0.2) is 4.79 Å². The van der Waals surface area contributed by atoms with E-state index in [9.17, 15) is 9.59 Å². The maximum absolute atomic E-state index is 11.6. The van der Waals surface area contributed by atoms with Crippen LogP contribution < -0.4 is 5.32 Å². The highest BCUT2D eigenvalue weighted by Gasteiger charge is 2.19. The summed E-state index contributed by atoms with van der Waals surface area (Å²) in [5.74, 6) is -1.61. The number of nitrogens with one attached hydrogen (secondary N) is 1. The summed E-state index contributed by atoms with van der Waals surface area (Å²) in [4.78, 5) is 22.3. The van der Waals surface area contributed by atoms with Crippen LogP contribution in [0.25, 0.3) is 0 Å². The number of hydrogen-bond acceptors (Lipinski definition) is 3. The van der Waals surface area contributed by atoms with Crippen molar-refractivity contribution >= 4 is 11.9 Å². The summed E-state index contributed by atoms with van der Waals surface area (Å²) >= 11 is 0. The van der Waals surface area contributed by atoms with E-state index in [0.717, 1.165) is 0 Å². The van der Waals surface area contributed by atoms with Gasteiger partial charge in [-0.15, -0.1) is 0 Å². The van der Waals surface area contributed by atoms with Gasteiger partial charge in [-0.3, -0.25) is 4.79 Å². The van der Waals surface area contributed by atoms with E-state index in [2.05, 4.69) is 5.32 Å². The third kappa shape index (κ3) is 3.36. The Labute approximate surface area is 92.7 Å². The van der Waals surface area contributed by atoms with Crippen LogP contribution in [-0.2, 0) is 4.79 Å². The second kappa shape index (κ2) is 5.87. The predicted molar refractivity (Wildman–Crippen MR) is 57.0 cm³/mol. The van der Waals surface area contributed by atoms with E-state index in [1.54, 1.807) is 30.3 Å². The molecule has 5 heteroatoms. The smallest absolute Gasteiger partial charge is 0.326 e. The first-order valence-electron chi connectivity index (χ1n) is 4.84. The Morgan fingerprint density at radius 3 is 2.38 bits per heavy atom. The summed E-state index contributed by atoms with van der Waals surface area (Å²) in [6.45, 7) is -0.286. The van der Waals surface area contributed by atoms with Crippen molar-refractivity contribution in [1.82, 2.24) is 5.32 Å². The highest BCUT2D eigenvalue weighted by Crippen LogP contribution is 2.00. The molecule has 0 fully saturated rings. The van der Waals surface area contributed by atoms with Crippen LogP contribution in [0.4, 0.5) is 0 Å². The van der Waals surface area contributed by atoms with Crippen LogP contribution in [0.2, 0.25) is 0 Å². The van der Waals surface area contributed by atoms with Gasteiger partial charge in [-0.2, -0.15) is 0 Å². The molecule has 1 atom stereocenters. The van der Waals surface area contributed by atoms with E-state index in [4.69, 9.17) is 10.2 Å². The van der Waals surface area contributed by atoms with Crippen molar-refractivity contribution in [2.24, 2.45) is 0 Å². The Morgan fingerprint density at radius 2 is 1.88 bits per heavy atom. The molecule has 1 rings (SSSR count). The van der Waals surface area contributed by atoms with E-state index < -0.39 is 17.9 Å². The molecule has 1 aromatic carbocycles. The number of aliphatic carboxylic acids is 1. The molecule has 1 amide bonds. The average Bonchev–Trinajstić information content (AvgIpc) is 2.29. The van der Waals surface area contributed by atoms with Crippen LogP contribution in [0, 0.1) is 0 Å². The molecule has 0 saturated carbocycles. The summed E-state index contributed by atoms with van der Waals surface area (Å²) in [6.07, 6.45) is -0.00604. The van der Waals surface area contributed by atoms with E-state index in [1.807, 2.05) is 0 Å². The first-order valence-corrected chi connectivity index (χ1v) is 4.84. The summed E-state index contributed by atoms with van der Waals surface area (Å²) < 4.78 is 0. The molecule has 0 aliphatic carbocycles. The lowest BCUT2D eigenvalue weighted by atomic mass is 10.1. The van der Waals surface area contributed by atoms with Gasteiger partial charge in [0.1, 0.15) is 6.04 Å². The van der Waals surface area contributed by atoms with Crippen LogP contribution in [-0.4, -0.2) is 34.7 Å². The monoisotopic (exact) mass is 223 g/mol. The molecule has 3 N–H and O–H groups in total. The lowest BCUT2D eigenvalue weighted by Gasteiger charge is -2.12. The average molecular weight is 223 g/mol. The quantitative estimate of drug-likeness (QED) is 0.668. The molecule has 0 heterocycles. The Balaban J connectivity index is 2.65. The maximum Gasteiger partial charge on any atom is 0.326 e. The molecule has 0 aromatic heterocycles. The number of aliphatic hydroxyl groups excluding tert-OH is 1. The van der Waals surface area contributed by atoms with Gasteiger partial charge < -0.3 is 15.5 Å². The lowest BCUT2D eigenvalue weighted by Crippen LogP contribution is -2.41. The molecule has 0 saturated heterocycles. The molecule has 0 radical (unpaired) electrons. The molecular formula is C11H13NO4. The number of carboxylic acid groups (broad SMARTS) is 1. The fourth-order valence-electron chi connectivity index (χ4n) is 1.22. The van der Waals surface area contributed by atoms with Gasteiger partial charge >= 0.3 is 5.97 Å². The van der Waals surface area contributed by atoms with Crippen molar-refractivity contribution in [1.29, 1.82) is 0 Å². The number of amides is 1. The minimum Gasteiger partial charge on any atom is -0.480 e. The number of rotatable bonds is 5. The molecule has 0 bridgehead atoms. The fraction of sp³-hybridized carbons (Fsp3) is 0.273. The highest BCUT2D eigenvalue weighted by molar-refractivity contribution is 5.96. The molecular weight excluding hydrogens is 210 g/mol. The molecule has 1 aromatic rings. The normalized spacial score (nSPS) is 11.8. The molecule has 0 unspecified atom stereocenters. The first kappa shape index (κ1) is 12.2. The summed E-state index contributed by atoms with van der Waals surface area (Å²) in [5, 5.41) is 19.8. The number of carbonyl (C=O) groups is 2. The number of aliphatic hydroxyl groups is 1. The van der Waals surface area contributed by atoms with Crippen LogP contribution in [0.3, 0.4) is 0 Å². The van der Waals surface area contributed by atoms with Crippen LogP contribution in [0.15, 0.2) is 30.3 Å². The Kier molecular flexibility index (Phi) is 4.47. The molecule has 86 valence electrons. The van der Waals surface area contributed by atoms with Crippen molar-refractivity contribution in [3.8, 4) is 0 Å². The minimum absolute atomic E-state index is 0.00604. The molecule has 0 aliphatic rings. The Morgan fingerprint density at radius 1 is 1.25 bits per heavy atom. The van der Waals surface area contributed by atoms with Gasteiger partial charge in [0, 0.05) is 18.6 Å². The summed E-state index contributed by atoms with van der Waals surface area (Å²) in [6, 6.07) is 7.27. The van der Waals surface area contributed by atoms with Gasteiger partial charge in [0.2, 0.25) is 0 Å². The van der Waals surface area contributed by atoms with Gasteiger partial charge in [0.25, 0.3) is 5.91 Å². The van der Waals surface area contributed by atoms with Gasteiger partial charge in [0.15, 0.2) is 0 Å². The van der Waals surface area contributed by atoms with Crippen molar-refractivity contribution < 1.29 is 19.8 Å². The van der Waals surface area contributed by atoms with E-state index in [-0.39, 0.29) is 13.0 Å². The van der Waals surface area contributed by atoms with Crippen molar-refractivity contribution in [2.75, 3.05) is 6.61 Å². The van der Waals surface area contributed by atoms with Gasteiger partial charge in [0.05, 0.1) is 0 Å². The molecule has 0 spiro atoms. The number of benzene rings is 1. The molecule has 5 nitrogen and oxygen atoms in total. The maximum atomic E-state index is 11.6. The zero-order valence-electron chi connectivity index (χ0n) is 8.59. The van der Waals surface area contributed by atoms with Gasteiger partial charge in [-0.1, -0.05) is 18.2 Å². The minimum atomic E-state index is -1.15. The fourth-order valence-corrected chi connectivity index (χ4v) is 1.22. The van der Waals surface area contributed by atoms with E-state index in [0.29, 0.717) is 5.56 Å². The zero-order chi connectivity index (χ0) is 12.0. The van der Waals surface area contributed by atoms with Crippen molar-refractivity contribution in [3.05, 3.63) is 35.9 Å². The first-order chi connectivity index (χ1) is 7.65. The summed E-state index contributed by atoms with van der Waals surface area (Å²) in [7, 11) is 0. The second-order valence-electron chi connectivity index (χ2n) is 3.24. The SMILES string of the molecule is O=C(N[C@@H](CCO)C(=O)O)c1ccccc1. The Hall–Kier alpha value is -1.88. The molecule has 16 heavy (non-hydrogen) atoms. The summed E-state index contributed by atoms with van der Waals surface area (Å²) in [5.41, 5.74) is 0.395.